The average molecular weight is 1020 g/mol. The van der Waals surface area contributed by atoms with Crippen LogP contribution in [0.15, 0.2) is 182 Å². The molecule has 0 aromatic heterocycles. The molecule has 6 aromatic rings. The Balaban J connectivity index is 0. The molecule has 0 bridgehead atoms. The Morgan fingerprint density at radius 3 is 0.688 bits per heavy atom. The molecule has 0 nitrogen and oxygen atoms in total. The van der Waals surface area contributed by atoms with Gasteiger partial charge in [0.15, 0.2) is 0 Å². The first-order valence-corrected chi connectivity index (χ1v) is 17.4. The summed E-state index contributed by atoms with van der Waals surface area (Å²) in [7, 11) is -0.660. The van der Waals surface area contributed by atoms with Crippen molar-refractivity contribution in [3.05, 3.63) is 206 Å². The molecule has 2 radical (unpaired) electrons. The molecule has 0 fully saturated rings. The number of halogens is 4. The first-order valence-electron chi connectivity index (χ1n) is 14.4. The average Bonchev–Trinajstić information content (AvgIpc) is 3.08. The van der Waals surface area contributed by atoms with Crippen LogP contribution < -0.4 is 89.1 Å². The van der Waals surface area contributed by atoms with Gasteiger partial charge in [-0.15, -0.1) is 24.3 Å². The molecule has 6 rings (SSSR count). The van der Waals surface area contributed by atoms with Gasteiger partial charge in [0.1, 0.15) is 0 Å². The van der Waals surface area contributed by atoms with Crippen molar-refractivity contribution in [1.29, 1.82) is 0 Å². The van der Waals surface area contributed by atoms with Crippen LogP contribution in [0.3, 0.4) is 0 Å². The van der Waals surface area contributed by atoms with Gasteiger partial charge in [0, 0.05) is 0 Å². The van der Waals surface area contributed by atoms with Crippen LogP contribution in [0.25, 0.3) is 0 Å². The van der Waals surface area contributed by atoms with E-state index in [9.17, 15) is 0 Å². The van der Waals surface area contributed by atoms with Crippen LogP contribution in [0, 0.1) is 12.8 Å². The van der Waals surface area contributed by atoms with E-state index in [1.807, 2.05) is 0 Å². The molecule has 0 aliphatic heterocycles. The van der Waals surface area contributed by atoms with Crippen molar-refractivity contribution < 1.29 is 101 Å². The largest absolute Gasteiger partial charge is 3.00 e. The quantitative estimate of drug-likeness (QED) is 0.0771. The zero-order valence-electron chi connectivity index (χ0n) is 25.9. The van der Waals surface area contributed by atoms with Gasteiger partial charge in [0.2, 0.25) is 0 Å². The zero-order valence-corrected chi connectivity index (χ0v) is 36.0. The van der Waals surface area contributed by atoms with Crippen LogP contribution in [0.4, 0.5) is 0 Å². The number of hydrogen-bond donors (Lipinski definition) is 0. The molecule has 0 aliphatic rings. The summed E-state index contributed by atoms with van der Waals surface area (Å²) in [6, 6.07) is 64.6. The second-order valence-corrected chi connectivity index (χ2v) is 14.3. The smallest absolute Gasteiger partial charge is 1.00 e. The molecule has 0 heterocycles. The Hall–Kier alpha value is -1.17. The maximum Gasteiger partial charge on any atom is 3.00 e. The van der Waals surface area contributed by atoms with Crippen LogP contribution in [0.1, 0.15) is 11.1 Å². The number of hydrogen-bond acceptors (Lipinski definition) is 0. The topological polar surface area (TPSA) is 0 Å². The van der Waals surface area contributed by atoms with Gasteiger partial charge >= 0.3 is 33.0 Å². The van der Waals surface area contributed by atoms with E-state index in [0.29, 0.717) is 0 Å². The summed E-state index contributed by atoms with van der Waals surface area (Å²) in [5, 5.41) is 5.74. The summed E-state index contributed by atoms with van der Waals surface area (Å²) >= 11 is 0. The second-order valence-electron chi connectivity index (χ2n) is 9.79. The Bertz CT molecular complexity index is 1370. The maximum atomic E-state index is 2.35. The van der Waals surface area contributed by atoms with E-state index in [2.05, 4.69) is 195 Å². The van der Waals surface area contributed by atoms with Crippen LogP contribution in [0.5, 0.6) is 0 Å². The van der Waals surface area contributed by atoms with Crippen molar-refractivity contribution in [3.8, 4) is 0 Å². The van der Waals surface area contributed by atoms with Crippen molar-refractivity contribution in [2.45, 2.75) is 0 Å². The van der Waals surface area contributed by atoms with Gasteiger partial charge in [0.05, 0.1) is 0 Å². The minimum atomic E-state index is -0.330. The van der Waals surface area contributed by atoms with Gasteiger partial charge in [-0.2, -0.15) is 48.2 Å². The van der Waals surface area contributed by atoms with Gasteiger partial charge in [-0.1, -0.05) is 162 Å². The second kappa shape index (κ2) is 28.5. The Kier molecular flexibility index (Phi) is 29.1. The van der Waals surface area contributed by atoms with E-state index in [0.717, 1.165) is 12.3 Å². The van der Waals surface area contributed by atoms with Crippen molar-refractivity contribution >= 4 is 37.1 Å². The zero-order chi connectivity index (χ0) is 28.7. The third-order valence-corrected chi connectivity index (χ3v) is 11.7. The summed E-state index contributed by atoms with van der Waals surface area (Å²) in [6.45, 7) is 0. The number of benzene rings is 6. The Morgan fingerprint density at radius 2 is 0.479 bits per heavy atom. The first-order chi connectivity index (χ1) is 20.9. The van der Waals surface area contributed by atoms with Gasteiger partial charge < -0.3 is 67.9 Å². The molecule has 254 valence electrons. The third-order valence-electron chi connectivity index (χ3n) is 6.89. The van der Waals surface area contributed by atoms with E-state index in [1.54, 1.807) is 0 Å². The molecule has 8 heteroatoms. The van der Waals surface area contributed by atoms with E-state index >= 15 is 0 Å². The molecule has 48 heavy (non-hydrogen) atoms. The molecule has 6 aromatic carbocycles. The molecule has 0 saturated heterocycles. The molecule has 0 spiro atoms. The standard InChI is InChI=1S/2C20H18P.4BrH.2Ni/c2*1-4-10-18(11-5-1)16-17-21(19-12-6-2-7-13-19)20-14-8-3-9-15-20;;;;;;/h2*1-16H,17H2;4*1H;;/q2*-1;;;;;2*+3/p-4. The van der Waals surface area contributed by atoms with E-state index in [4.69, 9.17) is 0 Å². The minimum Gasteiger partial charge on any atom is -1.00 e. The van der Waals surface area contributed by atoms with Crippen LogP contribution in [0.2, 0.25) is 0 Å². The molecule has 0 saturated carbocycles. The summed E-state index contributed by atoms with van der Waals surface area (Å²) in [5.74, 6) is 0. The molecule has 0 unspecified atom stereocenters. The summed E-state index contributed by atoms with van der Waals surface area (Å²) in [6.07, 6.45) is 6.86. The van der Waals surface area contributed by atoms with E-state index < -0.39 is 0 Å². The molecule has 0 amide bonds. The predicted octanol–water partition coefficient (Wildman–Crippen LogP) is -3.25. The Morgan fingerprint density at radius 1 is 0.292 bits per heavy atom. The fourth-order valence-corrected chi connectivity index (χ4v) is 9.08. The Labute approximate surface area is 352 Å². The van der Waals surface area contributed by atoms with Crippen molar-refractivity contribution in [2.75, 3.05) is 12.3 Å². The molecular weight excluding hydrogens is 979 g/mol. The van der Waals surface area contributed by atoms with Gasteiger partial charge in [0.25, 0.3) is 0 Å². The molecular formula is C40H36Br4Ni2P2. The van der Waals surface area contributed by atoms with E-state index in [-0.39, 0.29) is 117 Å². The summed E-state index contributed by atoms with van der Waals surface area (Å²) < 4.78 is 0. The van der Waals surface area contributed by atoms with Gasteiger partial charge in [-0.05, 0) is 21.2 Å². The number of rotatable bonds is 10. The summed E-state index contributed by atoms with van der Waals surface area (Å²) in [4.78, 5) is 0. The normalized spacial score (nSPS) is 9.21. The maximum absolute atomic E-state index is 2.35. The van der Waals surface area contributed by atoms with Gasteiger partial charge in [-0.3, -0.25) is 0 Å². The SMILES string of the molecule is [Br-].[Br-].[Br-].[Br-].[Ni+3].[Ni+3].c1ccc([CH-]CP(c2ccccc2)c2ccccc2)cc1.c1ccc([CH-]CP(c2ccccc2)c2ccccc2)cc1. The van der Waals surface area contributed by atoms with Crippen molar-refractivity contribution in [1.82, 2.24) is 0 Å². The monoisotopic (exact) mass is 1010 g/mol. The minimum absolute atomic E-state index is 0. The van der Waals surface area contributed by atoms with Crippen molar-refractivity contribution in [3.63, 3.8) is 0 Å². The molecule has 0 N–H and O–H groups in total. The van der Waals surface area contributed by atoms with Crippen molar-refractivity contribution in [2.24, 2.45) is 0 Å². The van der Waals surface area contributed by atoms with Crippen LogP contribution >= 0.6 is 15.8 Å². The molecule has 0 atom stereocenters. The summed E-state index contributed by atoms with van der Waals surface area (Å²) in [5.41, 5.74) is 2.61. The van der Waals surface area contributed by atoms with Gasteiger partial charge in [-0.25, -0.2) is 0 Å². The van der Waals surface area contributed by atoms with Crippen LogP contribution in [-0.2, 0) is 33.0 Å². The molecule has 0 aliphatic carbocycles. The fraction of sp³-hybridized carbons (Fsp3) is 0.0500. The van der Waals surface area contributed by atoms with Crippen LogP contribution in [-0.4, -0.2) is 12.3 Å². The third kappa shape index (κ3) is 16.2. The predicted molar refractivity (Wildman–Crippen MR) is 188 cm³/mol. The van der Waals surface area contributed by atoms with E-state index in [1.165, 1.54) is 32.3 Å². The first kappa shape index (κ1) is 48.9. The fourth-order valence-electron chi connectivity index (χ4n) is 4.72.